The minimum absolute atomic E-state index is 0.284. The fourth-order valence-electron chi connectivity index (χ4n) is 1.28. The average Bonchev–Trinajstić information content (AvgIpc) is 2.04. The summed E-state index contributed by atoms with van der Waals surface area (Å²) in [6, 6.07) is 5.86. The van der Waals surface area contributed by atoms with Crippen molar-refractivity contribution in [3.05, 3.63) is 30.1 Å². The Morgan fingerprint density at radius 3 is 2.85 bits per heavy atom. The predicted molar refractivity (Wildman–Crippen MR) is 52.3 cm³/mol. The van der Waals surface area contributed by atoms with Crippen LogP contribution >= 0.6 is 0 Å². The van der Waals surface area contributed by atoms with E-state index in [0.717, 1.165) is 12.2 Å². The molecule has 0 unspecified atom stereocenters. The molecule has 0 radical (unpaired) electrons. The summed E-state index contributed by atoms with van der Waals surface area (Å²) in [6.45, 7) is 3.25. The van der Waals surface area contributed by atoms with Crippen LogP contribution < -0.4 is 0 Å². The van der Waals surface area contributed by atoms with Gasteiger partial charge in [0, 0.05) is 19.3 Å². The van der Waals surface area contributed by atoms with Gasteiger partial charge in [0.05, 0.1) is 11.8 Å². The Kier molecular flexibility index (Phi) is 3.86. The SMILES string of the molecule is C[C@@H](O)CN(C)Cc1ccccn1. The summed E-state index contributed by atoms with van der Waals surface area (Å²) >= 11 is 0. The first kappa shape index (κ1) is 10.2. The van der Waals surface area contributed by atoms with Crippen molar-refractivity contribution in [2.75, 3.05) is 13.6 Å². The molecule has 1 aromatic rings. The lowest BCUT2D eigenvalue weighted by atomic mass is 10.3. The zero-order valence-electron chi connectivity index (χ0n) is 8.14. The van der Waals surface area contributed by atoms with E-state index in [1.54, 1.807) is 13.1 Å². The molecule has 1 heterocycles. The number of aromatic nitrogens is 1. The fraction of sp³-hybridized carbons (Fsp3) is 0.500. The van der Waals surface area contributed by atoms with E-state index in [-0.39, 0.29) is 6.10 Å². The lowest BCUT2D eigenvalue weighted by Crippen LogP contribution is -2.27. The number of rotatable bonds is 4. The fourth-order valence-corrected chi connectivity index (χ4v) is 1.28. The highest BCUT2D eigenvalue weighted by atomic mass is 16.3. The highest BCUT2D eigenvalue weighted by molar-refractivity contribution is 5.02. The standard InChI is InChI=1S/C10H16N2O/c1-9(13)7-12(2)8-10-5-3-4-6-11-10/h3-6,9,13H,7-8H2,1-2H3/t9-/m1/s1. The summed E-state index contributed by atoms with van der Waals surface area (Å²) in [5, 5.41) is 9.14. The maximum absolute atomic E-state index is 9.14. The van der Waals surface area contributed by atoms with Crippen molar-refractivity contribution < 1.29 is 5.11 Å². The molecule has 0 aliphatic heterocycles. The van der Waals surface area contributed by atoms with E-state index < -0.39 is 0 Å². The molecule has 0 fully saturated rings. The van der Waals surface area contributed by atoms with Gasteiger partial charge in [-0.25, -0.2) is 0 Å². The Morgan fingerprint density at radius 1 is 1.54 bits per heavy atom. The van der Waals surface area contributed by atoms with E-state index in [4.69, 9.17) is 5.11 Å². The summed E-state index contributed by atoms with van der Waals surface area (Å²) in [4.78, 5) is 6.25. The number of aliphatic hydroxyl groups is 1. The molecule has 0 aliphatic rings. The maximum Gasteiger partial charge on any atom is 0.0639 e. The molecule has 0 saturated carbocycles. The van der Waals surface area contributed by atoms with Crippen LogP contribution in [0.1, 0.15) is 12.6 Å². The summed E-state index contributed by atoms with van der Waals surface area (Å²) in [5.74, 6) is 0. The van der Waals surface area contributed by atoms with Crippen LogP contribution in [-0.2, 0) is 6.54 Å². The molecular weight excluding hydrogens is 164 g/mol. The molecule has 1 N–H and O–H groups in total. The largest absolute Gasteiger partial charge is 0.392 e. The molecule has 3 heteroatoms. The number of hydrogen-bond acceptors (Lipinski definition) is 3. The van der Waals surface area contributed by atoms with Gasteiger partial charge in [0.15, 0.2) is 0 Å². The van der Waals surface area contributed by atoms with Gasteiger partial charge in [-0.2, -0.15) is 0 Å². The van der Waals surface area contributed by atoms with Gasteiger partial charge < -0.3 is 5.11 Å². The van der Waals surface area contributed by atoms with E-state index >= 15 is 0 Å². The number of aliphatic hydroxyl groups excluding tert-OH is 1. The topological polar surface area (TPSA) is 36.4 Å². The van der Waals surface area contributed by atoms with Gasteiger partial charge in [-0.3, -0.25) is 9.88 Å². The molecule has 1 atom stereocenters. The first-order valence-corrected chi connectivity index (χ1v) is 4.45. The summed E-state index contributed by atoms with van der Waals surface area (Å²) < 4.78 is 0. The van der Waals surface area contributed by atoms with Crippen molar-refractivity contribution in [3.8, 4) is 0 Å². The van der Waals surface area contributed by atoms with Crippen LogP contribution in [0, 0.1) is 0 Å². The van der Waals surface area contributed by atoms with Gasteiger partial charge in [0.1, 0.15) is 0 Å². The third kappa shape index (κ3) is 4.01. The summed E-state index contributed by atoms with van der Waals surface area (Å²) in [6.07, 6.45) is 1.50. The molecule has 0 spiro atoms. The van der Waals surface area contributed by atoms with Gasteiger partial charge >= 0.3 is 0 Å². The van der Waals surface area contributed by atoms with Crippen molar-refractivity contribution in [2.24, 2.45) is 0 Å². The van der Waals surface area contributed by atoms with Crippen molar-refractivity contribution in [1.29, 1.82) is 0 Å². The summed E-state index contributed by atoms with van der Waals surface area (Å²) in [5.41, 5.74) is 1.03. The molecule has 0 bridgehead atoms. The Balaban J connectivity index is 2.41. The molecule has 72 valence electrons. The maximum atomic E-state index is 9.14. The average molecular weight is 180 g/mol. The Bertz CT molecular complexity index is 236. The second-order valence-electron chi connectivity index (χ2n) is 3.37. The van der Waals surface area contributed by atoms with E-state index in [9.17, 15) is 0 Å². The zero-order chi connectivity index (χ0) is 9.68. The van der Waals surface area contributed by atoms with E-state index in [2.05, 4.69) is 4.98 Å². The molecule has 0 saturated heterocycles. The Morgan fingerprint density at radius 2 is 2.31 bits per heavy atom. The van der Waals surface area contributed by atoms with Gasteiger partial charge in [-0.05, 0) is 26.1 Å². The third-order valence-electron chi connectivity index (χ3n) is 1.73. The molecule has 1 aromatic heterocycles. The number of likely N-dealkylation sites (N-methyl/N-ethyl adjacent to an activating group) is 1. The first-order valence-electron chi connectivity index (χ1n) is 4.45. The zero-order valence-corrected chi connectivity index (χ0v) is 8.14. The van der Waals surface area contributed by atoms with Crippen LogP contribution in [0.5, 0.6) is 0 Å². The minimum atomic E-state index is -0.284. The highest BCUT2D eigenvalue weighted by Gasteiger charge is 2.03. The summed E-state index contributed by atoms with van der Waals surface area (Å²) in [7, 11) is 1.97. The van der Waals surface area contributed by atoms with Crippen LogP contribution in [0.2, 0.25) is 0 Å². The Hall–Kier alpha value is -0.930. The molecular formula is C10H16N2O. The predicted octanol–water partition coefficient (Wildman–Crippen LogP) is 0.894. The van der Waals surface area contributed by atoms with Gasteiger partial charge in [0.2, 0.25) is 0 Å². The van der Waals surface area contributed by atoms with Crippen LogP contribution in [0.4, 0.5) is 0 Å². The first-order chi connectivity index (χ1) is 6.18. The molecule has 0 aliphatic carbocycles. The Labute approximate surface area is 79.0 Å². The molecule has 0 aromatic carbocycles. The number of hydrogen-bond donors (Lipinski definition) is 1. The normalized spacial score (nSPS) is 13.2. The lowest BCUT2D eigenvalue weighted by molar-refractivity contribution is 0.138. The second kappa shape index (κ2) is 4.94. The van der Waals surface area contributed by atoms with E-state index in [0.29, 0.717) is 6.54 Å². The monoisotopic (exact) mass is 180 g/mol. The number of pyridine rings is 1. The van der Waals surface area contributed by atoms with Crippen molar-refractivity contribution in [3.63, 3.8) is 0 Å². The van der Waals surface area contributed by atoms with Gasteiger partial charge in [0.25, 0.3) is 0 Å². The van der Waals surface area contributed by atoms with E-state index in [1.165, 1.54) is 0 Å². The van der Waals surface area contributed by atoms with Gasteiger partial charge in [-0.1, -0.05) is 6.07 Å². The third-order valence-corrected chi connectivity index (χ3v) is 1.73. The molecule has 1 rings (SSSR count). The number of nitrogens with zero attached hydrogens (tertiary/aromatic N) is 2. The molecule has 3 nitrogen and oxygen atoms in total. The van der Waals surface area contributed by atoms with Crippen molar-refractivity contribution in [1.82, 2.24) is 9.88 Å². The second-order valence-corrected chi connectivity index (χ2v) is 3.37. The lowest BCUT2D eigenvalue weighted by Gasteiger charge is -2.17. The van der Waals surface area contributed by atoms with Crippen LogP contribution in [0.15, 0.2) is 24.4 Å². The molecule has 0 amide bonds. The van der Waals surface area contributed by atoms with Crippen LogP contribution in [-0.4, -0.2) is 34.7 Å². The van der Waals surface area contributed by atoms with Crippen molar-refractivity contribution in [2.45, 2.75) is 19.6 Å². The van der Waals surface area contributed by atoms with Crippen LogP contribution in [0.3, 0.4) is 0 Å². The van der Waals surface area contributed by atoms with Gasteiger partial charge in [-0.15, -0.1) is 0 Å². The van der Waals surface area contributed by atoms with E-state index in [1.807, 2.05) is 30.1 Å². The highest BCUT2D eigenvalue weighted by Crippen LogP contribution is 1.99. The quantitative estimate of drug-likeness (QED) is 0.747. The molecule has 13 heavy (non-hydrogen) atoms. The smallest absolute Gasteiger partial charge is 0.0639 e. The van der Waals surface area contributed by atoms with Crippen molar-refractivity contribution >= 4 is 0 Å². The van der Waals surface area contributed by atoms with Crippen LogP contribution in [0.25, 0.3) is 0 Å². The minimum Gasteiger partial charge on any atom is -0.392 e.